The highest BCUT2D eigenvalue weighted by Crippen LogP contribution is 2.40. The van der Waals surface area contributed by atoms with Gasteiger partial charge in [0.1, 0.15) is 5.82 Å². The maximum Gasteiger partial charge on any atom is 0.336 e. The van der Waals surface area contributed by atoms with Gasteiger partial charge in [0.05, 0.1) is 18.1 Å². The lowest BCUT2D eigenvalue weighted by Gasteiger charge is -2.32. The topological polar surface area (TPSA) is 123 Å². The number of hydrogen-bond acceptors (Lipinski definition) is 6. The van der Waals surface area contributed by atoms with E-state index in [2.05, 4.69) is 15.6 Å². The van der Waals surface area contributed by atoms with E-state index >= 15 is 0 Å². The largest absolute Gasteiger partial charge is 0.463 e. The second-order valence-corrected chi connectivity index (χ2v) is 9.57. The summed E-state index contributed by atoms with van der Waals surface area (Å²) >= 11 is 0. The molecule has 2 amide bonds. The molecule has 2 aromatic carbocycles. The summed E-state index contributed by atoms with van der Waals surface area (Å²) in [5.41, 5.74) is 10.5. The van der Waals surface area contributed by atoms with Gasteiger partial charge in [-0.15, -0.1) is 0 Å². The second kappa shape index (κ2) is 13.5. The molecule has 212 valence electrons. The summed E-state index contributed by atoms with van der Waals surface area (Å²) in [6.45, 7) is 4.07. The molecule has 8 nitrogen and oxygen atoms in total. The highest BCUT2D eigenvalue weighted by molar-refractivity contribution is 6.01. The fraction of sp³-hybridized carbons (Fsp3) is 0.250. The molecule has 1 aromatic heterocycles. The van der Waals surface area contributed by atoms with Gasteiger partial charge in [0.2, 0.25) is 5.91 Å². The number of aromatic nitrogens is 1. The van der Waals surface area contributed by atoms with Crippen LogP contribution in [0.2, 0.25) is 0 Å². The molecule has 3 aromatic rings. The molecule has 0 spiro atoms. The molecule has 1 unspecified atom stereocenters. The van der Waals surface area contributed by atoms with Gasteiger partial charge < -0.3 is 21.1 Å². The maximum absolute atomic E-state index is 13.4. The molecule has 1 aliphatic rings. The number of carbonyl (C=O) groups excluding carboxylic acids is 3. The van der Waals surface area contributed by atoms with Crippen LogP contribution in [-0.2, 0) is 27.3 Å². The number of rotatable bonds is 11. The lowest BCUT2D eigenvalue weighted by atomic mass is 9.78. The summed E-state index contributed by atoms with van der Waals surface area (Å²) in [5.74, 6) is -2.61. The Morgan fingerprint density at radius 1 is 0.951 bits per heavy atom. The number of allylic oxidation sites excluding steroid dienone is 2. The van der Waals surface area contributed by atoms with E-state index in [0.717, 1.165) is 11.1 Å². The number of primary amides is 1. The van der Waals surface area contributed by atoms with Gasteiger partial charge in [0.25, 0.3) is 5.91 Å². The first-order valence-corrected chi connectivity index (χ1v) is 13.5. The molecule has 4 rings (SSSR count). The van der Waals surface area contributed by atoms with Crippen molar-refractivity contribution < 1.29 is 23.5 Å². The summed E-state index contributed by atoms with van der Waals surface area (Å²) in [6, 6.07) is 16.6. The van der Waals surface area contributed by atoms with Gasteiger partial charge in [-0.3, -0.25) is 14.6 Å². The Morgan fingerprint density at radius 3 is 2.29 bits per heavy atom. The zero-order valence-corrected chi connectivity index (χ0v) is 23.1. The van der Waals surface area contributed by atoms with Crippen LogP contribution < -0.4 is 16.4 Å². The van der Waals surface area contributed by atoms with Gasteiger partial charge in [-0.1, -0.05) is 37.3 Å². The third kappa shape index (κ3) is 7.05. The van der Waals surface area contributed by atoms with E-state index in [1.807, 2.05) is 13.0 Å². The molecule has 4 N–H and O–H groups in total. The average Bonchev–Trinajstić information content (AvgIpc) is 2.99. The van der Waals surface area contributed by atoms with Crippen LogP contribution in [0.1, 0.15) is 59.7 Å². The molecule has 9 heteroatoms. The van der Waals surface area contributed by atoms with Crippen molar-refractivity contribution in [2.24, 2.45) is 5.73 Å². The lowest BCUT2D eigenvalue weighted by molar-refractivity contribution is -0.138. The monoisotopic (exact) mass is 556 g/mol. The Hall–Kier alpha value is -4.79. The van der Waals surface area contributed by atoms with E-state index < -0.39 is 17.8 Å². The number of halogens is 1. The maximum atomic E-state index is 13.4. The van der Waals surface area contributed by atoms with Crippen molar-refractivity contribution in [3.05, 3.63) is 124 Å². The normalized spacial score (nSPS) is 14.9. The van der Waals surface area contributed by atoms with Gasteiger partial charge in [0, 0.05) is 41.5 Å². The number of nitrogens with zero attached hydrogens (tertiary/aromatic N) is 1. The van der Waals surface area contributed by atoms with Crippen LogP contribution in [0.5, 0.6) is 0 Å². The van der Waals surface area contributed by atoms with Gasteiger partial charge in [-0.2, -0.15) is 0 Å². The lowest BCUT2D eigenvalue weighted by Crippen LogP contribution is -2.35. The Labute approximate surface area is 238 Å². The van der Waals surface area contributed by atoms with Crippen LogP contribution in [0.4, 0.5) is 4.39 Å². The van der Waals surface area contributed by atoms with Crippen molar-refractivity contribution in [1.29, 1.82) is 0 Å². The molecular weight excluding hydrogens is 523 g/mol. The Bertz CT molecular complexity index is 1470. The first-order chi connectivity index (χ1) is 19.8. The van der Waals surface area contributed by atoms with Crippen molar-refractivity contribution in [1.82, 2.24) is 15.6 Å². The molecular formula is C32H33FN4O4. The number of nitrogens with one attached hydrogen (secondary N) is 2. The van der Waals surface area contributed by atoms with Crippen molar-refractivity contribution in [3.63, 3.8) is 0 Å². The minimum absolute atomic E-state index is 0.145. The van der Waals surface area contributed by atoms with E-state index in [1.165, 1.54) is 12.1 Å². The summed E-state index contributed by atoms with van der Waals surface area (Å²) in [6.07, 6.45) is 4.76. The predicted octanol–water partition coefficient (Wildman–Crippen LogP) is 4.44. The van der Waals surface area contributed by atoms with Crippen LogP contribution in [0.3, 0.4) is 0 Å². The fourth-order valence-corrected chi connectivity index (χ4v) is 4.89. The highest BCUT2D eigenvalue weighted by atomic mass is 19.1. The van der Waals surface area contributed by atoms with Crippen molar-refractivity contribution in [2.45, 2.75) is 45.6 Å². The zero-order chi connectivity index (χ0) is 29.4. The smallest absolute Gasteiger partial charge is 0.336 e. The van der Waals surface area contributed by atoms with E-state index in [9.17, 15) is 18.8 Å². The standard InChI is InChI=1S/C32H33FN4O4/c1-3-25-28(30(34)38)27(22-10-12-23(13-11-22)31(39)36-19-21-6-5-17-35-18-21)29(32(40)41-4-2)26(37-25)16-9-20-7-14-24(33)15-8-20/h5-8,10-15,17-18,27,37H,3-4,9,16,19H2,1-2H3,(H2,34,38)(H,36,39). The summed E-state index contributed by atoms with van der Waals surface area (Å²) in [7, 11) is 0. The molecule has 1 aliphatic heterocycles. The Morgan fingerprint density at radius 2 is 1.68 bits per heavy atom. The van der Waals surface area contributed by atoms with Crippen LogP contribution >= 0.6 is 0 Å². The number of carbonyl (C=O) groups is 3. The van der Waals surface area contributed by atoms with Crippen LogP contribution in [0.15, 0.2) is 95.6 Å². The van der Waals surface area contributed by atoms with Gasteiger partial charge in [-0.25, -0.2) is 9.18 Å². The highest BCUT2D eigenvalue weighted by Gasteiger charge is 2.38. The van der Waals surface area contributed by atoms with Crippen LogP contribution in [0.25, 0.3) is 0 Å². The second-order valence-electron chi connectivity index (χ2n) is 9.57. The molecule has 0 bridgehead atoms. The van der Waals surface area contributed by atoms with E-state index in [0.29, 0.717) is 48.3 Å². The van der Waals surface area contributed by atoms with E-state index in [4.69, 9.17) is 10.5 Å². The Balaban J connectivity index is 1.69. The summed E-state index contributed by atoms with van der Waals surface area (Å²) in [4.78, 5) is 43.0. The first-order valence-electron chi connectivity index (χ1n) is 13.5. The van der Waals surface area contributed by atoms with Crippen LogP contribution in [-0.4, -0.2) is 29.4 Å². The minimum Gasteiger partial charge on any atom is -0.463 e. The number of nitrogens with two attached hydrogens (primary N) is 1. The fourth-order valence-electron chi connectivity index (χ4n) is 4.89. The number of pyridine rings is 1. The molecule has 0 fully saturated rings. The average molecular weight is 557 g/mol. The molecule has 0 aliphatic carbocycles. The molecule has 0 saturated heterocycles. The van der Waals surface area contributed by atoms with Crippen LogP contribution in [0, 0.1) is 5.82 Å². The van der Waals surface area contributed by atoms with Gasteiger partial charge in [-0.05, 0) is 73.2 Å². The van der Waals surface area contributed by atoms with Crippen molar-refractivity contribution in [3.8, 4) is 0 Å². The third-order valence-corrected chi connectivity index (χ3v) is 6.90. The molecule has 2 heterocycles. The minimum atomic E-state index is -0.793. The van der Waals surface area contributed by atoms with E-state index in [-0.39, 0.29) is 29.5 Å². The molecule has 1 atom stereocenters. The zero-order valence-electron chi connectivity index (χ0n) is 23.1. The number of amides is 2. The van der Waals surface area contributed by atoms with Gasteiger partial charge in [0.15, 0.2) is 0 Å². The number of benzene rings is 2. The molecule has 41 heavy (non-hydrogen) atoms. The number of ether oxygens (including phenoxy) is 1. The van der Waals surface area contributed by atoms with Crippen molar-refractivity contribution in [2.75, 3.05) is 6.61 Å². The molecule has 0 radical (unpaired) electrons. The van der Waals surface area contributed by atoms with E-state index in [1.54, 1.807) is 61.8 Å². The first kappa shape index (κ1) is 29.2. The number of dihydropyridines is 1. The quantitative estimate of drug-likeness (QED) is 0.300. The molecule has 0 saturated carbocycles. The van der Waals surface area contributed by atoms with Gasteiger partial charge >= 0.3 is 5.97 Å². The third-order valence-electron chi connectivity index (χ3n) is 6.90. The van der Waals surface area contributed by atoms with Crippen molar-refractivity contribution >= 4 is 17.8 Å². The Kier molecular flexibility index (Phi) is 9.63. The predicted molar refractivity (Wildman–Crippen MR) is 153 cm³/mol. The number of esters is 1. The summed E-state index contributed by atoms with van der Waals surface area (Å²) < 4.78 is 18.9. The number of hydrogen-bond donors (Lipinski definition) is 3. The summed E-state index contributed by atoms with van der Waals surface area (Å²) in [5, 5.41) is 6.15. The number of aryl methyl sites for hydroxylation is 1. The SMILES string of the molecule is CCOC(=O)C1=C(CCc2ccc(F)cc2)NC(CC)=C(C(N)=O)C1c1ccc(C(=O)NCc2cccnc2)cc1.